The molecular weight excluding hydrogens is 192 g/mol. The summed E-state index contributed by atoms with van der Waals surface area (Å²) in [5, 5.41) is 10.2. The van der Waals surface area contributed by atoms with Crippen molar-refractivity contribution in [2.75, 3.05) is 7.11 Å². The summed E-state index contributed by atoms with van der Waals surface area (Å²) in [7, 11) is 1.60. The lowest BCUT2D eigenvalue weighted by Crippen LogP contribution is -1.91. The first-order valence-electron chi connectivity index (χ1n) is 4.99. The van der Waals surface area contributed by atoms with Gasteiger partial charge in [0.1, 0.15) is 17.1 Å². The summed E-state index contributed by atoms with van der Waals surface area (Å²) in [6, 6.07) is 5.65. The van der Waals surface area contributed by atoms with E-state index in [0.29, 0.717) is 5.75 Å². The maximum absolute atomic E-state index is 9.31. The highest BCUT2D eigenvalue weighted by molar-refractivity contribution is 5.84. The molecule has 1 heterocycles. The molecule has 1 aromatic carbocycles. The Kier molecular flexibility index (Phi) is 2.64. The lowest BCUT2D eigenvalue weighted by atomic mass is 10.1. The van der Waals surface area contributed by atoms with Gasteiger partial charge in [-0.1, -0.05) is 6.92 Å². The molecule has 80 valence electrons. The molecule has 0 bridgehead atoms. The molecular formula is C12H14O3. The zero-order valence-corrected chi connectivity index (χ0v) is 8.91. The van der Waals surface area contributed by atoms with Crippen molar-refractivity contribution in [2.45, 2.75) is 20.0 Å². The van der Waals surface area contributed by atoms with Gasteiger partial charge < -0.3 is 14.3 Å². The van der Waals surface area contributed by atoms with Crippen LogP contribution in [0.25, 0.3) is 11.0 Å². The van der Waals surface area contributed by atoms with E-state index in [9.17, 15) is 5.11 Å². The van der Waals surface area contributed by atoms with Crippen LogP contribution < -0.4 is 4.74 Å². The molecule has 0 spiro atoms. The van der Waals surface area contributed by atoms with E-state index in [1.54, 1.807) is 7.11 Å². The number of benzene rings is 1. The van der Waals surface area contributed by atoms with E-state index >= 15 is 0 Å². The Labute approximate surface area is 88.3 Å². The zero-order valence-electron chi connectivity index (χ0n) is 8.91. The van der Waals surface area contributed by atoms with Crippen molar-refractivity contribution in [3.8, 4) is 5.75 Å². The summed E-state index contributed by atoms with van der Waals surface area (Å²) >= 11 is 0. The SMILES string of the molecule is CCc1cc2c(CO)c(OC)ccc2o1. The maximum Gasteiger partial charge on any atom is 0.134 e. The third-order valence-corrected chi connectivity index (χ3v) is 2.55. The summed E-state index contributed by atoms with van der Waals surface area (Å²) in [5.74, 6) is 1.63. The maximum atomic E-state index is 9.31. The van der Waals surface area contributed by atoms with Gasteiger partial charge in [0.05, 0.1) is 13.7 Å². The summed E-state index contributed by atoms with van der Waals surface area (Å²) in [5.41, 5.74) is 1.59. The number of hydrogen-bond acceptors (Lipinski definition) is 3. The molecule has 3 nitrogen and oxygen atoms in total. The Balaban J connectivity index is 2.69. The topological polar surface area (TPSA) is 42.6 Å². The minimum absolute atomic E-state index is 0.0385. The Morgan fingerprint density at radius 2 is 2.20 bits per heavy atom. The van der Waals surface area contributed by atoms with Crippen molar-refractivity contribution < 1.29 is 14.3 Å². The Morgan fingerprint density at radius 1 is 1.40 bits per heavy atom. The van der Waals surface area contributed by atoms with Crippen LogP contribution in [0.1, 0.15) is 18.2 Å². The Hall–Kier alpha value is -1.48. The van der Waals surface area contributed by atoms with Crippen LogP contribution in [-0.2, 0) is 13.0 Å². The highest BCUT2D eigenvalue weighted by Gasteiger charge is 2.11. The molecule has 0 fully saturated rings. The molecule has 2 rings (SSSR count). The van der Waals surface area contributed by atoms with Crippen LogP contribution in [0.15, 0.2) is 22.6 Å². The Morgan fingerprint density at radius 3 is 2.80 bits per heavy atom. The van der Waals surface area contributed by atoms with Crippen molar-refractivity contribution in [2.24, 2.45) is 0 Å². The molecule has 0 saturated heterocycles. The number of hydrogen-bond donors (Lipinski definition) is 1. The van der Waals surface area contributed by atoms with Crippen molar-refractivity contribution >= 4 is 11.0 Å². The second-order valence-electron chi connectivity index (χ2n) is 3.38. The smallest absolute Gasteiger partial charge is 0.134 e. The molecule has 0 unspecified atom stereocenters. The largest absolute Gasteiger partial charge is 0.496 e. The number of methoxy groups -OCH3 is 1. The molecule has 0 atom stereocenters. The molecule has 1 N–H and O–H groups in total. The minimum Gasteiger partial charge on any atom is -0.496 e. The van der Waals surface area contributed by atoms with Gasteiger partial charge in [-0.15, -0.1) is 0 Å². The predicted molar refractivity (Wildman–Crippen MR) is 58.1 cm³/mol. The van der Waals surface area contributed by atoms with Crippen LogP contribution in [0.5, 0.6) is 5.75 Å². The molecule has 0 aliphatic heterocycles. The molecule has 0 amide bonds. The lowest BCUT2D eigenvalue weighted by molar-refractivity contribution is 0.275. The van der Waals surface area contributed by atoms with Crippen LogP contribution in [-0.4, -0.2) is 12.2 Å². The standard InChI is InChI=1S/C12H14O3/c1-3-8-6-9-10(7-13)11(14-2)4-5-12(9)15-8/h4-6,13H,3,7H2,1-2H3. The van der Waals surface area contributed by atoms with Gasteiger partial charge in [0, 0.05) is 17.4 Å². The first kappa shape index (κ1) is 10.1. The van der Waals surface area contributed by atoms with Gasteiger partial charge in [-0.25, -0.2) is 0 Å². The number of aryl methyl sites for hydroxylation is 1. The predicted octanol–water partition coefficient (Wildman–Crippen LogP) is 2.50. The van der Waals surface area contributed by atoms with E-state index < -0.39 is 0 Å². The third-order valence-electron chi connectivity index (χ3n) is 2.55. The number of furan rings is 1. The van der Waals surface area contributed by atoms with Crippen LogP contribution in [0, 0.1) is 0 Å². The molecule has 2 aromatic rings. The van der Waals surface area contributed by atoms with E-state index in [0.717, 1.165) is 28.7 Å². The molecule has 0 radical (unpaired) electrons. The monoisotopic (exact) mass is 206 g/mol. The number of ether oxygens (including phenoxy) is 1. The van der Waals surface area contributed by atoms with E-state index in [1.807, 2.05) is 25.1 Å². The normalized spacial score (nSPS) is 10.9. The number of rotatable bonds is 3. The molecule has 0 aliphatic carbocycles. The Bertz CT molecular complexity index is 471. The van der Waals surface area contributed by atoms with E-state index in [4.69, 9.17) is 9.15 Å². The summed E-state index contributed by atoms with van der Waals surface area (Å²) in [6.07, 6.45) is 0.849. The summed E-state index contributed by atoms with van der Waals surface area (Å²) in [6.45, 7) is 2.00. The molecule has 0 aliphatic rings. The van der Waals surface area contributed by atoms with Crippen molar-refractivity contribution in [1.29, 1.82) is 0 Å². The number of aliphatic hydroxyl groups is 1. The average Bonchev–Trinajstić information content (AvgIpc) is 2.70. The van der Waals surface area contributed by atoms with Crippen molar-refractivity contribution in [1.82, 2.24) is 0 Å². The second kappa shape index (κ2) is 3.95. The fraction of sp³-hybridized carbons (Fsp3) is 0.333. The highest BCUT2D eigenvalue weighted by Crippen LogP contribution is 2.30. The van der Waals surface area contributed by atoms with Gasteiger partial charge >= 0.3 is 0 Å². The molecule has 15 heavy (non-hydrogen) atoms. The minimum atomic E-state index is -0.0385. The average molecular weight is 206 g/mol. The fourth-order valence-electron chi connectivity index (χ4n) is 1.73. The summed E-state index contributed by atoms with van der Waals surface area (Å²) < 4.78 is 10.8. The van der Waals surface area contributed by atoms with Gasteiger partial charge in [-0.3, -0.25) is 0 Å². The van der Waals surface area contributed by atoms with Gasteiger partial charge in [-0.05, 0) is 18.2 Å². The van der Waals surface area contributed by atoms with Gasteiger partial charge in [-0.2, -0.15) is 0 Å². The van der Waals surface area contributed by atoms with E-state index in [1.165, 1.54) is 0 Å². The van der Waals surface area contributed by atoms with Crippen LogP contribution in [0.3, 0.4) is 0 Å². The van der Waals surface area contributed by atoms with Crippen molar-refractivity contribution in [3.63, 3.8) is 0 Å². The molecule has 0 saturated carbocycles. The highest BCUT2D eigenvalue weighted by atomic mass is 16.5. The van der Waals surface area contributed by atoms with E-state index in [2.05, 4.69) is 0 Å². The zero-order chi connectivity index (χ0) is 10.8. The third kappa shape index (κ3) is 1.59. The van der Waals surface area contributed by atoms with E-state index in [-0.39, 0.29) is 6.61 Å². The van der Waals surface area contributed by atoms with Gasteiger partial charge in [0.25, 0.3) is 0 Å². The second-order valence-corrected chi connectivity index (χ2v) is 3.38. The lowest BCUT2D eigenvalue weighted by Gasteiger charge is -2.05. The number of fused-ring (bicyclic) bond motifs is 1. The van der Waals surface area contributed by atoms with Gasteiger partial charge in [0.15, 0.2) is 0 Å². The molecule has 3 heteroatoms. The summed E-state index contributed by atoms with van der Waals surface area (Å²) in [4.78, 5) is 0. The van der Waals surface area contributed by atoms with Crippen LogP contribution >= 0.6 is 0 Å². The first-order chi connectivity index (χ1) is 7.30. The van der Waals surface area contributed by atoms with Gasteiger partial charge in [0.2, 0.25) is 0 Å². The van der Waals surface area contributed by atoms with Crippen molar-refractivity contribution in [3.05, 3.63) is 29.5 Å². The fourth-order valence-corrected chi connectivity index (χ4v) is 1.73. The molecule has 1 aromatic heterocycles. The quantitative estimate of drug-likeness (QED) is 0.839. The van der Waals surface area contributed by atoms with Crippen LogP contribution in [0.4, 0.5) is 0 Å². The van der Waals surface area contributed by atoms with Crippen LogP contribution in [0.2, 0.25) is 0 Å². The number of aliphatic hydroxyl groups excluding tert-OH is 1. The first-order valence-corrected chi connectivity index (χ1v) is 4.99.